The molecule has 0 aliphatic carbocycles. The highest BCUT2D eigenvalue weighted by molar-refractivity contribution is 6.25. The molecule has 0 fully saturated rings. The monoisotopic (exact) mass is 610 g/mol. The van der Waals surface area contributed by atoms with Gasteiger partial charge in [-0.2, -0.15) is 0 Å². The van der Waals surface area contributed by atoms with E-state index in [4.69, 9.17) is 19.9 Å². The molecule has 0 unspecified atom stereocenters. The zero-order chi connectivity index (χ0) is 31.6. The molecule has 0 amide bonds. The molecule has 48 heavy (non-hydrogen) atoms. The second kappa shape index (κ2) is 10.5. The molecule has 0 saturated heterocycles. The maximum atomic E-state index is 5.35. The first-order valence-corrected chi connectivity index (χ1v) is 16.2. The number of benzene rings is 8. The van der Waals surface area contributed by atoms with E-state index in [9.17, 15) is 0 Å². The molecule has 2 aromatic heterocycles. The van der Waals surface area contributed by atoms with E-state index in [1.807, 2.05) is 36.5 Å². The lowest BCUT2D eigenvalue weighted by molar-refractivity contribution is 1.08. The number of aromatic nitrogens is 4. The first kappa shape index (κ1) is 26.7. The highest BCUT2D eigenvalue weighted by Gasteiger charge is 2.22. The summed E-state index contributed by atoms with van der Waals surface area (Å²) in [5.74, 6) is 1.94. The fourth-order valence-electron chi connectivity index (χ4n) is 7.41. The summed E-state index contributed by atoms with van der Waals surface area (Å²) < 4.78 is 0. The number of fused-ring (bicyclic) bond motifs is 2. The predicted molar refractivity (Wildman–Crippen MR) is 198 cm³/mol. The van der Waals surface area contributed by atoms with Crippen LogP contribution in [-0.4, -0.2) is 19.9 Å². The Morgan fingerprint density at radius 2 is 0.896 bits per heavy atom. The summed E-state index contributed by atoms with van der Waals surface area (Å²) in [5.41, 5.74) is 4.96. The molecule has 0 bridgehead atoms. The maximum Gasteiger partial charge on any atom is 0.165 e. The van der Waals surface area contributed by atoms with Gasteiger partial charge in [-0.1, -0.05) is 133 Å². The lowest BCUT2D eigenvalue weighted by atomic mass is 9.89. The van der Waals surface area contributed by atoms with Gasteiger partial charge in [0.25, 0.3) is 0 Å². The normalized spacial score (nSPS) is 11.8. The Bertz CT molecular complexity index is 2750. The van der Waals surface area contributed by atoms with E-state index < -0.39 is 0 Å². The van der Waals surface area contributed by atoms with Crippen molar-refractivity contribution in [1.29, 1.82) is 0 Å². The van der Waals surface area contributed by atoms with Gasteiger partial charge in [-0.3, -0.25) is 4.98 Å². The van der Waals surface area contributed by atoms with Crippen LogP contribution in [0.2, 0.25) is 0 Å². The van der Waals surface area contributed by atoms with Crippen LogP contribution in [0.25, 0.3) is 99.3 Å². The lowest BCUT2D eigenvalue weighted by Gasteiger charge is -2.17. The molecule has 0 radical (unpaired) electrons. The minimum Gasteiger partial charge on any atom is -0.256 e. The minimum absolute atomic E-state index is 0.642. The minimum atomic E-state index is 0.642. The molecule has 10 rings (SSSR count). The van der Waals surface area contributed by atoms with E-state index in [0.717, 1.165) is 54.9 Å². The van der Waals surface area contributed by atoms with Gasteiger partial charge < -0.3 is 0 Å². The Morgan fingerprint density at radius 3 is 1.58 bits per heavy atom. The molecule has 4 heteroatoms. The highest BCUT2D eigenvalue weighted by atomic mass is 15.0. The number of rotatable bonds is 4. The SMILES string of the molecule is c1ccc(-c2nc(-c3c4ccccc4c(-c4ccccn4)c4ccccc34)nc(-c3ccc4ccc5cccc6ccc3c4c56)n2)cc1. The van der Waals surface area contributed by atoms with Crippen molar-refractivity contribution in [3.63, 3.8) is 0 Å². The zero-order valence-electron chi connectivity index (χ0n) is 25.8. The molecular formula is C44H26N4. The molecule has 222 valence electrons. The summed E-state index contributed by atoms with van der Waals surface area (Å²) in [5, 5.41) is 11.7. The summed E-state index contributed by atoms with van der Waals surface area (Å²) in [4.78, 5) is 20.5. The van der Waals surface area contributed by atoms with E-state index in [2.05, 4.69) is 121 Å². The molecule has 0 aliphatic rings. The molecule has 0 N–H and O–H groups in total. The molecule has 8 aromatic carbocycles. The van der Waals surface area contributed by atoms with Crippen LogP contribution in [0.15, 0.2) is 158 Å². The standard InChI is InChI=1S/C44H26N4/c1-2-11-30(12-3-1)42-46-43(36-25-23-29-21-20-27-13-10-14-28-22-24-35(36)39(29)38(27)28)48-44(47-42)41-33-17-6-4-15-31(33)40(37-19-8-9-26-45-37)32-16-5-7-18-34(32)41/h1-26H. The summed E-state index contributed by atoms with van der Waals surface area (Å²) in [6.07, 6.45) is 1.85. The fourth-order valence-corrected chi connectivity index (χ4v) is 7.41. The van der Waals surface area contributed by atoms with Gasteiger partial charge in [-0.15, -0.1) is 0 Å². The zero-order valence-corrected chi connectivity index (χ0v) is 25.8. The van der Waals surface area contributed by atoms with Crippen molar-refractivity contribution in [3.05, 3.63) is 158 Å². The Balaban J connectivity index is 1.32. The second-order valence-electron chi connectivity index (χ2n) is 12.2. The quantitative estimate of drug-likeness (QED) is 0.147. The van der Waals surface area contributed by atoms with Crippen LogP contribution >= 0.6 is 0 Å². The summed E-state index contributed by atoms with van der Waals surface area (Å²) in [7, 11) is 0. The number of nitrogens with zero attached hydrogens (tertiary/aromatic N) is 4. The molecule has 10 aromatic rings. The van der Waals surface area contributed by atoms with Crippen LogP contribution < -0.4 is 0 Å². The van der Waals surface area contributed by atoms with Crippen molar-refractivity contribution in [3.8, 4) is 45.4 Å². The van der Waals surface area contributed by atoms with Crippen molar-refractivity contribution in [2.45, 2.75) is 0 Å². The predicted octanol–water partition coefficient (Wildman–Crippen LogP) is 11.1. The second-order valence-corrected chi connectivity index (χ2v) is 12.2. The third kappa shape index (κ3) is 4.03. The summed E-state index contributed by atoms with van der Waals surface area (Å²) >= 11 is 0. The van der Waals surface area contributed by atoms with Gasteiger partial charge in [0, 0.05) is 28.5 Å². The molecule has 4 nitrogen and oxygen atoms in total. The number of hydrogen-bond acceptors (Lipinski definition) is 4. The van der Waals surface area contributed by atoms with Crippen molar-refractivity contribution in [1.82, 2.24) is 19.9 Å². The van der Waals surface area contributed by atoms with E-state index in [1.165, 1.54) is 26.9 Å². The van der Waals surface area contributed by atoms with Crippen LogP contribution in [0, 0.1) is 0 Å². The number of pyridine rings is 1. The van der Waals surface area contributed by atoms with E-state index in [-0.39, 0.29) is 0 Å². The lowest BCUT2D eigenvalue weighted by Crippen LogP contribution is -2.02. The molecule has 0 atom stereocenters. The Kier molecular flexibility index (Phi) is 5.84. The average Bonchev–Trinajstić information content (AvgIpc) is 3.16. The van der Waals surface area contributed by atoms with Gasteiger partial charge >= 0.3 is 0 Å². The van der Waals surface area contributed by atoms with Gasteiger partial charge in [-0.25, -0.2) is 15.0 Å². The van der Waals surface area contributed by atoms with E-state index in [0.29, 0.717) is 17.5 Å². The van der Waals surface area contributed by atoms with Crippen LogP contribution in [0.1, 0.15) is 0 Å². The topological polar surface area (TPSA) is 51.6 Å². The summed E-state index contributed by atoms with van der Waals surface area (Å²) in [6, 6.07) is 53.0. The third-order valence-electron chi connectivity index (χ3n) is 9.51. The Morgan fingerprint density at radius 1 is 0.333 bits per heavy atom. The smallest absolute Gasteiger partial charge is 0.165 e. The Labute approximate surface area is 276 Å². The van der Waals surface area contributed by atoms with Crippen LogP contribution in [0.4, 0.5) is 0 Å². The molecule has 2 heterocycles. The van der Waals surface area contributed by atoms with Gasteiger partial charge in [0.1, 0.15) is 0 Å². The first-order valence-electron chi connectivity index (χ1n) is 16.2. The van der Waals surface area contributed by atoms with E-state index in [1.54, 1.807) is 0 Å². The first-order chi connectivity index (χ1) is 23.8. The average molecular weight is 611 g/mol. The van der Waals surface area contributed by atoms with E-state index >= 15 is 0 Å². The largest absolute Gasteiger partial charge is 0.256 e. The van der Waals surface area contributed by atoms with Gasteiger partial charge in [-0.05, 0) is 72.1 Å². The van der Waals surface area contributed by atoms with Crippen LogP contribution in [0.3, 0.4) is 0 Å². The maximum absolute atomic E-state index is 5.35. The van der Waals surface area contributed by atoms with Crippen LogP contribution in [0.5, 0.6) is 0 Å². The van der Waals surface area contributed by atoms with Crippen LogP contribution in [-0.2, 0) is 0 Å². The van der Waals surface area contributed by atoms with Crippen molar-refractivity contribution < 1.29 is 0 Å². The van der Waals surface area contributed by atoms with Gasteiger partial charge in [0.05, 0.1) is 5.69 Å². The van der Waals surface area contributed by atoms with Gasteiger partial charge in [0.15, 0.2) is 17.5 Å². The van der Waals surface area contributed by atoms with Crippen molar-refractivity contribution in [2.24, 2.45) is 0 Å². The third-order valence-corrected chi connectivity index (χ3v) is 9.51. The molecule has 0 saturated carbocycles. The Hall–Kier alpha value is -6.52. The molecule has 0 aliphatic heterocycles. The molecular weight excluding hydrogens is 585 g/mol. The fraction of sp³-hybridized carbons (Fsp3) is 0. The summed E-state index contributed by atoms with van der Waals surface area (Å²) in [6.45, 7) is 0. The molecule has 0 spiro atoms. The van der Waals surface area contributed by atoms with Gasteiger partial charge in [0.2, 0.25) is 0 Å². The van der Waals surface area contributed by atoms with Crippen molar-refractivity contribution in [2.75, 3.05) is 0 Å². The number of hydrogen-bond donors (Lipinski definition) is 0. The highest BCUT2D eigenvalue weighted by Crippen LogP contribution is 2.44. The van der Waals surface area contributed by atoms with Crippen molar-refractivity contribution >= 4 is 53.9 Å².